The Morgan fingerprint density at radius 1 is 1.20 bits per heavy atom. The number of nitrogens with one attached hydrogen (secondary N) is 1. The van der Waals surface area contributed by atoms with Crippen LogP contribution in [0.1, 0.15) is 36.8 Å². The summed E-state index contributed by atoms with van der Waals surface area (Å²) in [6.07, 6.45) is 3.44. The average molecular weight is 271 g/mol. The molecule has 2 rings (SSSR count). The van der Waals surface area contributed by atoms with Gasteiger partial charge in [-0.05, 0) is 51.5 Å². The molecule has 0 radical (unpaired) electrons. The van der Waals surface area contributed by atoms with E-state index in [9.17, 15) is 0 Å². The van der Waals surface area contributed by atoms with E-state index in [4.69, 9.17) is 4.74 Å². The number of ether oxygens (including phenoxy) is 1. The van der Waals surface area contributed by atoms with Crippen molar-refractivity contribution < 1.29 is 4.74 Å². The lowest BCUT2D eigenvalue weighted by molar-refractivity contribution is 0.340. The van der Waals surface area contributed by atoms with Crippen LogP contribution in [0.3, 0.4) is 0 Å². The molecule has 0 aliphatic carbocycles. The van der Waals surface area contributed by atoms with Gasteiger partial charge in [-0.3, -0.25) is 9.97 Å². The maximum atomic E-state index is 5.50. The molecule has 0 amide bonds. The summed E-state index contributed by atoms with van der Waals surface area (Å²) in [6.45, 7) is 8.81. The molecule has 0 bridgehead atoms. The number of anilines is 1. The summed E-state index contributed by atoms with van der Waals surface area (Å²) >= 11 is 0. The molecule has 1 unspecified atom stereocenters. The highest BCUT2D eigenvalue weighted by molar-refractivity contribution is 5.54. The number of hydrogen-bond acceptors (Lipinski definition) is 4. The summed E-state index contributed by atoms with van der Waals surface area (Å²) < 4.78 is 5.50. The van der Waals surface area contributed by atoms with E-state index in [1.54, 1.807) is 12.4 Å². The van der Waals surface area contributed by atoms with E-state index in [0.29, 0.717) is 6.61 Å². The SMILES string of the molecule is CCOc1ccc(NC(C)c2nccnc2C)c(C)c1. The molecule has 1 aromatic heterocycles. The molecule has 1 atom stereocenters. The summed E-state index contributed by atoms with van der Waals surface area (Å²) in [5.41, 5.74) is 4.17. The Hall–Kier alpha value is -2.10. The van der Waals surface area contributed by atoms with Crippen LogP contribution in [-0.4, -0.2) is 16.6 Å². The third-order valence-corrected chi connectivity index (χ3v) is 3.21. The summed E-state index contributed by atoms with van der Waals surface area (Å²) in [7, 11) is 0. The quantitative estimate of drug-likeness (QED) is 0.901. The largest absolute Gasteiger partial charge is 0.494 e. The van der Waals surface area contributed by atoms with Gasteiger partial charge in [0.1, 0.15) is 5.75 Å². The minimum absolute atomic E-state index is 0.111. The molecule has 1 N–H and O–H groups in total. The van der Waals surface area contributed by atoms with Crippen LogP contribution < -0.4 is 10.1 Å². The van der Waals surface area contributed by atoms with Gasteiger partial charge in [-0.2, -0.15) is 0 Å². The number of hydrogen-bond donors (Lipinski definition) is 1. The van der Waals surface area contributed by atoms with Crippen molar-refractivity contribution in [3.63, 3.8) is 0 Å². The van der Waals surface area contributed by atoms with Gasteiger partial charge in [-0.15, -0.1) is 0 Å². The van der Waals surface area contributed by atoms with Crippen molar-refractivity contribution in [3.05, 3.63) is 47.5 Å². The standard InChI is InChI=1S/C16H21N3O/c1-5-20-14-6-7-15(11(2)10-14)19-13(4)16-12(3)17-8-9-18-16/h6-10,13,19H,5H2,1-4H3. The lowest BCUT2D eigenvalue weighted by Crippen LogP contribution is -2.11. The number of aryl methyl sites for hydroxylation is 2. The van der Waals surface area contributed by atoms with Crippen molar-refractivity contribution in [1.82, 2.24) is 9.97 Å². The van der Waals surface area contributed by atoms with E-state index in [0.717, 1.165) is 28.4 Å². The molecule has 0 aliphatic heterocycles. The molecule has 0 saturated heterocycles. The van der Waals surface area contributed by atoms with Crippen molar-refractivity contribution in [2.24, 2.45) is 0 Å². The van der Waals surface area contributed by atoms with Crippen LogP contribution in [0.2, 0.25) is 0 Å². The minimum Gasteiger partial charge on any atom is -0.494 e. The molecule has 0 saturated carbocycles. The van der Waals surface area contributed by atoms with Crippen LogP contribution >= 0.6 is 0 Å². The monoisotopic (exact) mass is 271 g/mol. The van der Waals surface area contributed by atoms with E-state index in [1.165, 1.54) is 0 Å². The van der Waals surface area contributed by atoms with Crippen LogP contribution in [-0.2, 0) is 0 Å². The first-order valence-electron chi connectivity index (χ1n) is 6.89. The van der Waals surface area contributed by atoms with Crippen LogP contribution in [0.4, 0.5) is 5.69 Å². The van der Waals surface area contributed by atoms with Crippen molar-refractivity contribution in [1.29, 1.82) is 0 Å². The first kappa shape index (κ1) is 14.3. The van der Waals surface area contributed by atoms with Crippen LogP contribution in [0.15, 0.2) is 30.6 Å². The predicted octanol–water partition coefficient (Wildman–Crippen LogP) is 3.67. The third-order valence-electron chi connectivity index (χ3n) is 3.21. The second-order valence-corrected chi connectivity index (χ2v) is 4.80. The third kappa shape index (κ3) is 3.26. The van der Waals surface area contributed by atoms with Crippen LogP contribution in [0.5, 0.6) is 5.75 Å². The smallest absolute Gasteiger partial charge is 0.119 e. The summed E-state index contributed by atoms with van der Waals surface area (Å²) in [6, 6.07) is 6.18. The molecule has 0 aliphatic rings. The van der Waals surface area contributed by atoms with E-state index in [-0.39, 0.29) is 6.04 Å². The van der Waals surface area contributed by atoms with Gasteiger partial charge in [0.25, 0.3) is 0 Å². The van der Waals surface area contributed by atoms with Crippen LogP contribution in [0, 0.1) is 13.8 Å². The van der Waals surface area contributed by atoms with E-state index >= 15 is 0 Å². The van der Waals surface area contributed by atoms with Gasteiger partial charge >= 0.3 is 0 Å². The second kappa shape index (κ2) is 6.37. The van der Waals surface area contributed by atoms with Crippen molar-refractivity contribution in [3.8, 4) is 5.75 Å². The Bertz CT molecular complexity index is 584. The fourth-order valence-electron chi connectivity index (χ4n) is 2.20. The Balaban J connectivity index is 2.16. The Labute approximate surface area is 120 Å². The first-order valence-corrected chi connectivity index (χ1v) is 6.89. The van der Waals surface area contributed by atoms with Gasteiger partial charge in [-0.1, -0.05) is 0 Å². The second-order valence-electron chi connectivity index (χ2n) is 4.80. The molecular formula is C16H21N3O. The van der Waals surface area contributed by atoms with Gasteiger partial charge in [0.2, 0.25) is 0 Å². The number of nitrogens with zero attached hydrogens (tertiary/aromatic N) is 2. The maximum Gasteiger partial charge on any atom is 0.119 e. The van der Waals surface area contributed by atoms with Crippen molar-refractivity contribution in [2.75, 3.05) is 11.9 Å². The molecule has 1 heterocycles. The predicted molar refractivity (Wildman–Crippen MR) is 81.2 cm³/mol. The fourth-order valence-corrected chi connectivity index (χ4v) is 2.20. The van der Waals surface area contributed by atoms with Gasteiger partial charge < -0.3 is 10.1 Å². The molecule has 20 heavy (non-hydrogen) atoms. The summed E-state index contributed by atoms with van der Waals surface area (Å²) in [5, 5.41) is 3.48. The molecular weight excluding hydrogens is 250 g/mol. The van der Waals surface area contributed by atoms with Gasteiger partial charge in [0.05, 0.1) is 24.0 Å². The fraction of sp³-hybridized carbons (Fsp3) is 0.375. The molecule has 4 heteroatoms. The molecule has 0 fully saturated rings. The molecule has 1 aromatic carbocycles. The average Bonchev–Trinajstić information content (AvgIpc) is 2.42. The van der Waals surface area contributed by atoms with E-state index in [2.05, 4.69) is 29.1 Å². The van der Waals surface area contributed by atoms with Crippen molar-refractivity contribution in [2.45, 2.75) is 33.7 Å². The highest BCUT2D eigenvalue weighted by Gasteiger charge is 2.11. The molecule has 106 valence electrons. The van der Waals surface area contributed by atoms with E-state index in [1.807, 2.05) is 32.0 Å². The number of aromatic nitrogens is 2. The lowest BCUT2D eigenvalue weighted by Gasteiger charge is -2.18. The zero-order valence-electron chi connectivity index (χ0n) is 12.5. The summed E-state index contributed by atoms with van der Waals surface area (Å²) in [4.78, 5) is 8.68. The maximum absolute atomic E-state index is 5.50. The number of rotatable bonds is 5. The zero-order valence-corrected chi connectivity index (χ0v) is 12.5. The number of benzene rings is 1. The van der Waals surface area contributed by atoms with Crippen molar-refractivity contribution >= 4 is 5.69 Å². The van der Waals surface area contributed by atoms with Crippen LogP contribution in [0.25, 0.3) is 0 Å². The molecule has 0 spiro atoms. The van der Waals surface area contributed by atoms with E-state index < -0.39 is 0 Å². The minimum atomic E-state index is 0.111. The lowest BCUT2D eigenvalue weighted by atomic mass is 10.1. The highest BCUT2D eigenvalue weighted by Crippen LogP contribution is 2.25. The topological polar surface area (TPSA) is 47.0 Å². The normalized spacial score (nSPS) is 12.0. The molecule has 4 nitrogen and oxygen atoms in total. The van der Waals surface area contributed by atoms with Gasteiger partial charge in [0, 0.05) is 18.1 Å². The Morgan fingerprint density at radius 2 is 1.95 bits per heavy atom. The Morgan fingerprint density at radius 3 is 2.60 bits per heavy atom. The van der Waals surface area contributed by atoms with Gasteiger partial charge in [-0.25, -0.2) is 0 Å². The Kier molecular flexibility index (Phi) is 4.56. The summed E-state index contributed by atoms with van der Waals surface area (Å²) in [5.74, 6) is 0.902. The first-order chi connectivity index (χ1) is 9.61. The molecule has 2 aromatic rings. The van der Waals surface area contributed by atoms with Gasteiger partial charge in [0.15, 0.2) is 0 Å². The zero-order chi connectivity index (χ0) is 14.5. The highest BCUT2D eigenvalue weighted by atomic mass is 16.5.